The SMILES string of the molecule is COC(=O)c1[nH]c2c(-c3c(C)ncnc3C)cccc2c1Cl. The smallest absolute Gasteiger partial charge is 0.356 e. The van der Waals surface area contributed by atoms with Crippen molar-refractivity contribution in [3.05, 3.63) is 46.6 Å². The molecule has 0 saturated heterocycles. The number of aromatic amines is 1. The maximum Gasteiger partial charge on any atom is 0.356 e. The molecule has 0 fully saturated rings. The molecule has 0 spiro atoms. The second-order valence-corrected chi connectivity index (χ2v) is 5.33. The highest BCUT2D eigenvalue weighted by molar-refractivity contribution is 6.39. The van der Waals surface area contributed by atoms with Crippen molar-refractivity contribution in [1.29, 1.82) is 0 Å². The molecule has 0 aliphatic heterocycles. The molecule has 0 aliphatic rings. The number of nitrogens with zero attached hydrogens (tertiary/aromatic N) is 2. The number of para-hydroxylation sites is 1. The zero-order valence-electron chi connectivity index (χ0n) is 12.4. The zero-order valence-corrected chi connectivity index (χ0v) is 13.2. The van der Waals surface area contributed by atoms with E-state index in [-0.39, 0.29) is 5.69 Å². The Hall–Kier alpha value is -2.40. The molecule has 112 valence electrons. The Bertz CT molecular complexity index is 866. The van der Waals surface area contributed by atoms with Crippen LogP contribution in [0.25, 0.3) is 22.0 Å². The van der Waals surface area contributed by atoms with E-state index in [4.69, 9.17) is 16.3 Å². The fraction of sp³-hybridized carbons (Fsp3) is 0.188. The van der Waals surface area contributed by atoms with Crippen molar-refractivity contribution in [2.45, 2.75) is 13.8 Å². The van der Waals surface area contributed by atoms with E-state index in [0.29, 0.717) is 5.02 Å². The van der Waals surface area contributed by atoms with Gasteiger partial charge in [-0.15, -0.1) is 0 Å². The molecule has 0 bridgehead atoms. The van der Waals surface area contributed by atoms with Crippen molar-refractivity contribution >= 4 is 28.5 Å². The number of methoxy groups -OCH3 is 1. The number of rotatable bonds is 2. The van der Waals surface area contributed by atoms with Crippen LogP contribution in [-0.2, 0) is 4.74 Å². The zero-order chi connectivity index (χ0) is 15.9. The van der Waals surface area contributed by atoms with E-state index in [0.717, 1.165) is 33.4 Å². The van der Waals surface area contributed by atoms with Gasteiger partial charge >= 0.3 is 5.97 Å². The number of halogens is 1. The van der Waals surface area contributed by atoms with E-state index in [1.807, 2.05) is 32.0 Å². The van der Waals surface area contributed by atoms with Crippen molar-refractivity contribution in [2.75, 3.05) is 7.11 Å². The Morgan fingerprint density at radius 2 is 1.91 bits per heavy atom. The lowest BCUT2D eigenvalue weighted by molar-refractivity contribution is 0.0595. The second kappa shape index (κ2) is 5.42. The molecule has 3 rings (SSSR count). The van der Waals surface area contributed by atoms with Crippen molar-refractivity contribution < 1.29 is 9.53 Å². The van der Waals surface area contributed by atoms with Crippen LogP contribution >= 0.6 is 11.6 Å². The molecule has 0 atom stereocenters. The maximum absolute atomic E-state index is 11.8. The number of aryl methyl sites for hydroxylation is 2. The summed E-state index contributed by atoms with van der Waals surface area (Å²) in [6.07, 6.45) is 1.54. The van der Waals surface area contributed by atoms with Crippen LogP contribution in [0, 0.1) is 13.8 Å². The van der Waals surface area contributed by atoms with Gasteiger partial charge in [0.2, 0.25) is 0 Å². The molecule has 0 amide bonds. The number of benzene rings is 1. The van der Waals surface area contributed by atoms with Crippen LogP contribution in [0.15, 0.2) is 24.5 Å². The third-order valence-electron chi connectivity index (χ3n) is 3.66. The third kappa shape index (κ3) is 2.14. The molecule has 22 heavy (non-hydrogen) atoms. The molecular weight excluding hydrogens is 302 g/mol. The minimum absolute atomic E-state index is 0.249. The van der Waals surface area contributed by atoms with Gasteiger partial charge in [-0.3, -0.25) is 0 Å². The third-order valence-corrected chi connectivity index (χ3v) is 4.05. The predicted octanol–water partition coefficient (Wildman–Crippen LogP) is 3.68. The van der Waals surface area contributed by atoms with Gasteiger partial charge in [0.05, 0.1) is 17.6 Å². The van der Waals surface area contributed by atoms with Crippen LogP contribution in [0.5, 0.6) is 0 Å². The molecule has 1 N–H and O–H groups in total. The molecule has 0 aliphatic carbocycles. The molecule has 1 aromatic carbocycles. The van der Waals surface area contributed by atoms with Gasteiger partial charge in [0.1, 0.15) is 12.0 Å². The summed E-state index contributed by atoms with van der Waals surface area (Å²) in [5.74, 6) is -0.495. The average molecular weight is 316 g/mol. The van der Waals surface area contributed by atoms with Gasteiger partial charge in [0.25, 0.3) is 0 Å². The molecular formula is C16H14ClN3O2. The van der Waals surface area contributed by atoms with Gasteiger partial charge in [-0.2, -0.15) is 0 Å². The fourth-order valence-electron chi connectivity index (χ4n) is 2.62. The highest BCUT2D eigenvalue weighted by Gasteiger charge is 2.20. The lowest BCUT2D eigenvalue weighted by atomic mass is 10.0. The molecule has 0 unspecified atom stereocenters. The number of hydrogen-bond acceptors (Lipinski definition) is 4. The minimum atomic E-state index is -0.495. The second-order valence-electron chi connectivity index (χ2n) is 4.95. The first-order chi connectivity index (χ1) is 10.5. The largest absolute Gasteiger partial charge is 0.464 e. The highest BCUT2D eigenvalue weighted by Crippen LogP contribution is 2.36. The van der Waals surface area contributed by atoms with Crippen LogP contribution in [0.4, 0.5) is 0 Å². The van der Waals surface area contributed by atoms with Gasteiger partial charge in [-0.25, -0.2) is 14.8 Å². The molecule has 3 aromatic rings. The first kappa shape index (κ1) is 14.5. The van der Waals surface area contributed by atoms with Crippen molar-refractivity contribution in [3.8, 4) is 11.1 Å². The number of aromatic nitrogens is 3. The number of carbonyl (C=O) groups is 1. The van der Waals surface area contributed by atoms with Gasteiger partial charge in [0, 0.05) is 27.9 Å². The predicted molar refractivity (Wildman–Crippen MR) is 85.1 cm³/mol. The lowest BCUT2D eigenvalue weighted by Gasteiger charge is -2.09. The summed E-state index contributed by atoms with van der Waals surface area (Å²) < 4.78 is 4.76. The van der Waals surface area contributed by atoms with E-state index < -0.39 is 5.97 Å². The van der Waals surface area contributed by atoms with Gasteiger partial charge in [-0.1, -0.05) is 29.8 Å². The molecule has 0 radical (unpaired) electrons. The lowest BCUT2D eigenvalue weighted by Crippen LogP contribution is -2.01. The Kier molecular flexibility index (Phi) is 3.58. The number of carbonyl (C=O) groups excluding carboxylic acids is 1. The standard InChI is InChI=1S/C16H14ClN3O2/c1-8-12(9(2)19-7-18-8)10-5-4-6-11-13(17)15(16(21)22-3)20-14(10)11/h4-7,20H,1-3H3. The van der Waals surface area contributed by atoms with Crippen molar-refractivity contribution in [1.82, 2.24) is 15.0 Å². The van der Waals surface area contributed by atoms with Gasteiger partial charge in [0.15, 0.2) is 0 Å². The number of fused-ring (bicyclic) bond motifs is 1. The van der Waals surface area contributed by atoms with E-state index >= 15 is 0 Å². The van der Waals surface area contributed by atoms with Gasteiger partial charge in [-0.05, 0) is 13.8 Å². The highest BCUT2D eigenvalue weighted by atomic mass is 35.5. The maximum atomic E-state index is 11.8. The monoisotopic (exact) mass is 315 g/mol. The van der Waals surface area contributed by atoms with Crippen LogP contribution in [0.2, 0.25) is 5.02 Å². The number of hydrogen-bond donors (Lipinski definition) is 1. The summed E-state index contributed by atoms with van der Waals surface area (Å²) >= 11 is 6.31. The summed E-state index contributed by atoms with van der Waals surface area (Å²) in [6.45, 7) is 3.85. The Morgan fingerprint density at radius 1 is 1.23 bits per heavy atom. The van der Waals surface area contributed by atoms with Crippen LogP contribution in [0.3, 0.4) is 0 Å². The van der Waals surface area contributed by atoms with E-state index in [1.54, 1.807) is 0 Å². The summed E-state index contributed by atoms with van der Waals surface area (Å²) in [7, 11) is 1.32. The number of esters is 1. The first-order valence-corrected chi connectivity index (χ1v) is 7.09. The number of ether oxygens (including phenoxy) is 1. The summed E-state index contributed by atoms with van der Waals surface area (Å²) in [6, 6.07) is 5.71. The minimum Gasteiger partial charge on any atom is -0.464 e. The van der Waals surface area contributed by atoms with Crippen LogP contribution < -0.4 is 0 Å². The summed E-state index contributed by atoms with van der Waals surface area (Å²) in [5.41, 5.74) is 4.59. The van der Waals surface area contributed by atoms with E-state index in [9.17, 15) is 4.79 Å². The average Bonchev–Trinajstić information content (AvgIpc) is 2.84. The van der Waals surface area contributed by atoms with Crippen LogP contribution in [0.1, 0.15) is 21.9 Å². The molecule has 5 nitrogen and oxygen atoms in total. The van der Waals surface area contributed by atoms with Crippen molar-refractivity contribution in [2.24, 2.45) is 0 Å². The normalized spacial score (nSPS) is 10.9. The summed E-state index contributed by atoms with van der Waals surface area (Å²) in [5, 5.41) is 1.12. The van der Waals surface area contributed by atoms with E-state index in [2.05, 4.69) is 15.0 Å². The number of H-pyrrole nitrogens is 1. The molecule has 2 aromatic heterocycles. The number of nitrogens with one attached hydrogen (secondary N) is 1. The van der Waals surface area contributed by atoms with Crippen molar-refractivity contribution in [3.63, 3.8) is 0 Å². The molecule has 0 saturated carbocycles. The Morgan fingerprint density at radius 3 is 2.55 bits per heavy atom. The Balaban J connectivity index is 2.35. The topological polar surface area (TPSA) is 67.9 Å². The Labute approximate surface area is 132 Å². The fourth-order valence-corrected chi connectivity index (χ4v) is 2.90. The van der Waals surface area contributed by atoms with Gasteiger partial charge < -0.3 is 9.72 Å². The summed E-state index contributed by atoms with van der Waals surface area (Å²) in [4.78, 5) is 23.4. The quantitative estimate of drug-likeness (QED) is 0.732. The molecule has 6 heteroatoms. The van der Waals surface area contributed by atoms with E-state index in [1.165, 1.54) is 13.4 Å². The first-order valence-electron chi connectivity index (χ1n) is 6.71. The molecule has 2 heterocycles. The van der Waals surface area contributed by atoms with Crippen LogP contribution in [-0.4, -0.2) is 28.0 Å².